The predicted octanol–water partition coefficient (Wildman–Crippen LogP) is 2.33. The highest BCUT2D eigenvalue weighted by Gasteiger charge is 2.23. The van der Waals surface area contributed by atoms with E-state index in [0.29, 0.717) is 11.6 Å². The number of carbonyl (C=O) groups is 1. The molecule has 0 aliphatic carbocycles. The Kier molecular flexibility index (Phi) is 3.98. The van der Waals surface area contributed by atoms with E-state index >= 15 is 0 Å². The van der Waals surface area contributed by atoms with Crippen LogP contribution >= 0.6 is 0 Å². The van der Waals surface area contributed by atoms with E-state index in [0.717, 1.165) is 43.0 Å². The Morgan fingerprint density at radius 2 is 2.14 bits per heavy atom. The number of fused-ring (bicyclic) bond motifs is 1. The van der Waals surface area contributed by atoms with Gasteiger partial charge < -0.3 is 10.7 Å². The van der Waals surface area contributed by atoms with Gasteiger partial charge in [0.1, 0.15) is 5.82 Å². The molecule has 1 aromatic carbocycles. The molecule has 22 heavy (non-hydrogen) atoms. The van der Waals surface area contributed by atoms with E-state index < -0.39 is 5.91 Å². The molecule has 0 bridgehead atoms. The SMILES string of the molecule is CC[C@@H](C)N1CCc2nc(-c3ccc(C(N)=O)cc3)[nH]c2C1. The highest BCUT2D eigenvalue weighted by molar-refractivity contribution is 5.93. The number of rotatable bonds is 4. The van der Waals surface area contributed by atoms with Crippen LogP contribution in [0.2, 0.25) is 0 Å². The Hall–Kier alpha value is -2.14. The highest BCUT2D eigenvalue weighted by Crippen LogP contribution is 2.24. The zero-order chi connectivity index (χ0) is 15.7. The summed E-state index contributed by atoms with van der Waals surface area (Å²) >= 11 is 0. The average molecular weight is 298 g/mol. The molecule has 0 saturated heterocycles. The minimum Gasteiger partial charge on any atom is -0.366 e. The third kappa shape index (κ3) is 2.76. The maximum atomic E-state index is 11.1. The normalized spacial score (nSPS) is 16.3. The van der Waals surface area contributed by atoms with Gasteiger partial charge >= 0.3 is 0 Å². The van der Waals surface area contributed by atoms with Gasteiger partial charge in [-0.3, -0.25) is 9.69 Å². The lowest BCUT2D eigenvalue weighted by Crippen LogP contribution is -2.37. The number of H-pyrrole nitrogens is 1. The smallest absolute Gasteiger partial charge is 0.248 e. The van der Waals surface area contributed by atoms with Crippen molar-refractivity contribution >= 4 is 5.91 Å². The van der Waals surface area contributed by atoms with Gasteiger partial charge in [0, 0.05) is 36.7 Å². The number of hydrogen-bond acceptors (Lipinski definition) is 3. The molecule has 1 aliphatic heterocycles. The van der Waals surface area contributed by atoms with Gasteiger partial charge in [0.25, 0.3) is 0 Å². The van der Waals surface area contributed by atoms with Crippen LogP contribution in [0.5, 0.6) is 0 Å². The summed E-state index contributed by atoms with van der Waals surface area (Å²) in [7, 11) is 0. The largest absolute Gasteiger partial charge is 0.366 e. The van der Waals surface area contributed by atoms with Gasteiger partial charge in [-0.2, -0.15) is 0 Å². The number of nitrogens with zero attached hydrogens (tertiary/aromatic N) is 2. The van der Waals surface area contributed by atoms with E-state index in [4.69, 9.17) is 10.7 Å². The highest BCUT2D eigenvalue weighted by atomic mass is 16.1. The Bertz CT molecular complexity index is 674. The van der Waals surface area contributed by atoms with Crippen molar-refractivity contribution < 1.29 is 4.79 Å². The molecular weight excluding hydrogens is 276 g/mol. The molecule has 2 heterocycles. The predicted molar refractivity (Wildman–Crippen MR) is 86.4 cm³/mol. The number of aromatic nitrogens is 2. The Labute approximate surface area is 130 Å². The minimum absolute atomic E-state index is 0.408. The van der Waals surface area contributed by atoms with Crippen LogP contribution in [-0.2, 0) is 13.0 Å². The lowest BCUT2D eigenvalue weighted by Gasteiger charge is -2.31. The fourth-order valence-electron chi connectivity index (χ4n) is 2.88. The zero-order valence-electron chi connectivity index (χ0n) is 13.1. The summed E-state index contributed by atoms with van der Waals surface area (Å²) in [5.74, 6) is 0.460. The van der Waals surface area contributed by atoms with E-state index in [9.17, 15) is 4.79 Å². The van der Waals surface area contributed by atoms with Crippen LogP contribution in [-0.4, -0.2) is 33.4 Å². The average Bonchev–Trinajstić information content (AvgIpc) is 2.97. The summed E-state index contributed by atoms with van der Waals surface area (Å²) < 4.78 is 0. The van der Waals surface area contributed by atoms with Gasteiger partial charge in [-0.25, -0.2) is 4.98 Å². The van der Waals surface area contributed by atoms with Gasteiger partial charge in [-0.15, -0.1) is 0 Å². The summed E-state index contributed by atoms with van der Waals surface area (Å²) in [5, 5.41) is 0. The molecule has 3 rings (SSSR count). The molecule has 1 amide bonds. The molecule has 0 saturated carbocycles. The van der Waals surface area contributed by atoms with Gasteiger partial charge in [-0.05, 0) is 25.5 Å². The first-order valence-electron chi connectivity index (χ1n) is 7.80. The van der Waals surface area contributed by atoms with Crippen LogP contribution in [0.3, 0.4) is 0 Å². The third-order valence-electron chi connectivity index (χ3n) is 4.52. The molecule has 0 unspecified atom stereocenters. The van der Waals surface area contributed by atoms with E-state index in [2.05, 4.69) is 23.7 Å². The third-order valence-corrected chi connectivity index (χ3v) is 4.52. The molecule has 5 heteroatoms. The van der Waals surface area contributed by atoms with Gasteiger partial charge in [0.2, 0.25) is 5.91 Å². The number of carbonyl (C=O) groups excluding carboxylic acids is 1. The molecule has 0 radical (unpaired) electrons. The number of imidazole rings is 1. The second-order valence-electron chi connectivity index (χ2n) is 5.93. The quantitative estimate of drug-likeness (QED) is 0.909. The maximum Gasteiger partial charge on any atom is 0.248 e. The van der Waals surface area contributed by atoms with Crippen molar-refractivity contribution in [1.29, 1.82) is 0 Å². The molecule has 1 atom stereocenters. The molecule has 2 aromatic rings. The molecule has 5 nitrogen and oxygen atoms in total. The number of nitrogens with two attached hydrogens (primary N) is 1. The second-order valence-corrected chi connectivity index (χ2v) is 5.93. The number of primary amides is 1. The van der Waals surface area contributed by atoms with Crippen molar-refractivity contribution in [2.45, 2.75) is 39.3 Å². The van der Waals surface area contributed by atoms with Gasteiger partial charge in [0.15, 0.2) is 0 Å². The number of amides is 1. The molecule has 0 spiro atoms. The monoisotopic (exact) mass is 298 g/mol. The van der Waals surface area contributed by atoms with Crippen molar-refractivity contribution in [2.24, 2.45) is 5.73 Å². The summed E-state index contributed by atoms with van der Waals surface area (Å²) in [5.41, 5.74) is 9.14. The van der Waals surface area contributed by atoms with E-state index in [1.165, 1.54) is 5.69 Å². The summed E-state index contributed by atoms with van der Waals surface area (Å²) in [6, 6.07) is 7.85. The van der Waals surface area contributed by atoms with Crippen molar-refractivity contribution in [3.8, 4) is 11.4 Å². The number of hydrogen-bond donors (Lipinski definition) is 2. The molecule has 0 fully saturated rings. The first-order chi connectivity index (χ1) is 10.6. The van der Waals surface area contributed by atoms with Crippen molar-refractivity contribution in [3.05, 3.63) is 41.2 Å². The zero-order valence-corrected chi connectivity index (χ0v) is 13.1. The first-order valence-corrected chi connectivity index (χ1v) is 7.80. The standard InChI is InChI=1S/C17H22N4O/c1-3-11(2)21-9-8-14-15(10-21)20-17(19-14)13-6-4-12(5-7-13)16(18)22/h4-7,11H,3,8-10H2,1-2H3,(H2,18,22)(H,19,20)/t11-/m1/s1. The van der Waals surface area contributed by atoms with Crippen LogP contribution in [0.4, 0.5) is 0 Å². The summed E-state index contributed by atoms with van der Waals surface area (Å²) in [6.45, 7) is 6.48. The minimum atomic E-state index is -0.408. The van der Waals surface area contributed by atoms with E-state index in [1.807, 2.05) is 12.1 Å². The lowest BCUT2D eigenvalue weighted by atomic mass is 10.1. The topological polar surface area (TPSA) is 75.0 Å². The molecule has 1 aliphatic rings. The van der Waals surface area contributed by atoms with Crippen LogP contribution in [0.15, 0.2) is 24.3 Å². The summed E-state index contributed by atoms with van der Waals surface area (Å²) in [4.78, 5) is 21.8. The fraction of sp³-hybridized carbons (Fsp3) is 0.412. The fourth-order valence-corrected chi connectivity index (χ4v) is 2.88. The number of benzene rings is 1. The van der Waals surface area contributed by atoms with Gasteiger partial charge in [-0.1, -0.05) is 19.1 Å². The molecule has 116 valence electrons. The van der Waals surface area contributed by atoms with Crippen molar-refractivity contribution in [2.75, 3.05) is 6.54 Å². The van der Waals surface area contributed by atoms with Crippen molar-refractivity contribution in [3.63, 3.8) is 0 Å². The Morgan fingerprint density at radius 1 is 1.41 bits per heavy atom. The van der Waals surface area contributed by atoms with Crippen LogP contribution < -0.4 is 5.73 Å². The number of aromatic amines is 1. The van der Waals surface area contributed by atoms with E-state index in [-0.39, 0.29) is 0 Å². The lowest BCUT2D eigenvalue weighted by molar-refractivity contribution is 0.100. The van der Waals surface area contributed by atoms with Crippen molar-refractivity contribution in [1.82, 2.24) is 14.9 Å². The summed E-state index contributed by atoms with van der Waals surface area (Å²) in [6.07, 6.45) is 2.14. The van der Waals surface area contributed by atoms with Crippen LogP contribution in [0, 0.1) is 0 Å². The van der Waals surface area contributed by atoms with Crippen LogP contribution in [0.1, 0.15) is 42.0 Å². The Balaban J connectivity index is 1.83. The van der Waals surface area contributed by atoms with Crippen LogP contribution in [0.25, 0.3) is 11.4 Å². The van der Waals surface area contributed by atoms with Gasteiger partial charge in [0.05, 0.1) is 11.4 Å². The first kappa shape index (κ1) is 14.8. The van der Waals surface area contributed by atoms with E-state index in [1.54, 1.807) is 12.1 Å². The second kappa shape index (κ2) is 5.93. The molecule has 3 N–H and O–H groups in total. The molecule has 1 aromatic heterocycles. The number of nitrogens with one attached hydrogen (secondary N) is 1. The Morgan fingerprint density at radius 3 is 2.77 bits per heavy atom. The maximum absolute atomic E-state index is 11.1. The molecular formula is C17H22N4O.